The summed E-state index contributed by atoms with van der Waals surface area (Å²) in [6.07, 6.45) is 3.36. The Balaban J connectivity index is 3.22. The van der Waals surface area contributed by atoms with Gasteiger partial charge in [0, 0.05) is 17.1 Å². The van der Waals surface area contributed by atoms with Gasteiger partial charge in [-0.3, -0.25) is 0 Å². The molecule has 11 heavy (non-hydrogen) atoms. The molecule has 0 aliphatic carbocycles. The van der Waals surface area contributed by atoms with E-state index in [-0.39, 0.29) is 0 Å². The second-order valence-corrected chi connectivity index (χ2v) is 4.69. The normalized spacial score (nSPS) is 13.0. The first-order valence-electron chi connectivity index (χ1n) is 3.72. The summed E-state index contributed by atoms with van der Waals surface area (Å²) < 4.78 is 1.02. The molecule has 3 heteroatoms. The number of rotatable bonds is 6. The van der Waals surface area contributed by atoms with Crippen molar-refractivity contribution in [3.8, 4) is 0 Å². The Labute approximate surface area is 82.1 Å². The lowest BCUT2D eigenvalue weighted by Gasteiger charge is -2.11. The quantitative estimate of drug-likeness (QED) is 0.763. The van der Waals surface area contributed by atoms with Crippen molar-refractivity contribution in [3.63, 3.8) is 0 Å². The summed E-state index contributed by atoms with van der Waals surface area (Å²) in [7, 11) is 0. The molecule has 0 aliphatic rings. The van der Waals surface area contributed by atoms with E-state index in [0.29, 0.717) is 6.04 Å². The van der Waals surface area contributed by atoms with Gasteiger partial charge in [-0.1, -0.05) is 22.5 Å². The topological polar surface area (TPSA) is 12.0 Å². The fourth-order valence-electron chi connectivity index (χ4n) is 0.682. The molecule has 0 bridgehead atoms. The largest absolute Gasteiger partial charge is 0.310 e. The summed E-state index contributed by atoms with van der Waals surface area (Å²) >= 11 is 5.20. The number of halogens is 1. The molecule has 1 unspecified atom stereocenters. The Morgan fingerprint density at radius 2 is 2.36 bits per heavy atom. The van der Waals surface area contributed by atoms with Gasteiger partial charge in [-0.15, -0.1) is 0 Å². The zero-order chi connectivity index (χ0) is 8.69. The predicted molar refractivity (Wildman–Crippen MR) is 58.5 cm³/mol. The van der Waals surface area contributed by atoms with E-state index in [1.165, 1.54) is 12.2 Å². The van der Waals surface area contributed by atoms with Gasteiger partial charge >= 0.3 is 0 Å². The summed E-state index contributed by atoms with van der Waals surface area (Å²) in [4.78, 5) is 0. The third-order valence-electron chi connectivity index (χ3n) is 1.40. The Morgan fingerprint density at radius 3 is 2.82 bits per heavy atom. The highest BCUT2D eigenvalue weighted by atomic mass is 79.9. The van der Waals surface area contributed by atoms with Gasteiger partial charge in [0.2, 0.25) is 0 Å². The van der Waals surface area contributed by atoms with Crippen LogP contribution in [0.5, 0.6) is 0 Å². The third-order valence-corrected chi connectivity index (χ3v) is 2.32. The highest BCUT2D eigenvalue weighted by Crippen LogP contribution is 2.02. The van der Waals surface area contributed by atoms with Crippen molar-refractivity contribution < 1.29 is 0 Å². The Bertz CT molecular complexity index is 117. The molecule has 0 aliphatic heterocycles. The van der Waals surface area contributed by atoms with Crippen molar-refractivity contribution in [3.05, 3.63) is 11.1 Å². The molecule has 0 aromatic rings. The van der Waals surface area contributed by atoms with Crippen LogP contribution in [0.2, 0.25) is 0 Å². The molecule has 1 N–H and O–H groups in total. The van der Waals surface area contributed by atoms with Crippen LogP contribution in [0.15, 0.2) is 11.1 Å². The van der Waals surface area contributed by atoms with E-state index in [1.54, 1.807) is 0 Å². The minimum atomic E-state index is 0.594. The molecule has 0 saturated carbocycles. The van der Waals surface area contributed by atoms with Gasteiger partial charge in [-0.05, 0) is 25.4 Å². The molecule has 0 aromatic heterocycles. The second kappa shape index (κ2) is 7.19. The molecule has 0 rings (SSSR count). The molecule has 0 saturated heterocycles. The summed E-state index contributed by atoms with van der Waals surface area (Å²) in [5.41, 5.74) is 0. The van der Waals surface area contributed by atoms with E-state index < -0.39 is 0 Å². The predicted octanol–water partition coefficient (Wildman–Crippen LogP) is 2.63. The summed E-state index contributed by atoms with van der Waals surface area (Å²) in [5.74, 6) is 1.23. The van der Waals surface area contributed by atoms with Crippen LogP contribution >= 0.6 is 27.7 Å². The molecular weight excluding hydrogens is 222 g/mol. The minimum absolute atomic E-state index is 0.594. The van der Waals surface area contributed by atoms with Crippen molar-refractivity contribution in [2.75, 3.05) is 18.6 Å². The van der Waals surface area contributed by atoms with Crippen LogP contribution in [0.4, 0.5) is 0 Å². The average Bonchev–Trinajstić information content (AvgIpc) is 1.97. The molecule has 0 spiro atoms. The maximum atomic E-state index is 3.76. The molecule has 0 heterocycles. The monoisotopic (exact) mass is 237 g/mol. The van der Waals surface area contributed by atoms with Gasteiger partial charge < -0.3 is 5.32 Å². The lowest BCUT2D eigenvalue weighted by Crippen LogP contribution is -2.27. The van der Waals surface area contributed by atoms with Gasteiger partial charge in [-0.2, -0.15) is 11.8 Å². The van der Waals surface area contributed by atoms with E-state index in [2.05, 4.69) is 41.0 Å². The smallest absolute Gasteiger partial charge is 0.0268 e. The highest BCUT2D eigenvalue weighted by Gasteiger charge is 1.99. The van der Waals surface area contributed by atoms with Crippen molar-refractivity contribution in [2.24, 2.45) is 0 Å². The van der Waals surface area contributed by atoms with Gasteiger partial charge in [0.15, 0.2) is 0 Å². The average molecular weight is 238 g/mol. The highest BCUT2D eigenvalue weighted by molar-refractivity contribution is 9.11. The van der Waals surface area contributed by atoms with Gasteiger partial charge in [0.05, 0.1) is 0 Å². The SMILES string of the molecule is C=C(Br)CNC(C)CCSC. The van der Waals surface area contributed by atoms with Crippen LogP contribution in [0.3, 0.4) is 0 Å². The fraction of sp³-hybridized carbons (Fsp3) is 0.750. The van der Waals surface area contributed by atoms with Gasteiger partial charge in [0.1, 0.15) is 0 Å². The van der Waals surface area contributed by atoms with Crippen LogP contribution in [0.1, 0.15) is 13.3 Å². The van der Waals surface area contributed by atoms with Crippen molar-refractivity contribution in [1.82, 2.24) is 5.32 Å². The maximum absolute atomic E-state index is 3.76. The Hall–Kier alpha value is 0.530. The first kappa shape index (κ1) is 11.5. The molecule has 0 aromatic carbocycles. The van der Waals surface area contributed by atoms with Crippen LogP contribution in [0, 0.1) is 0 Å². The van der Waals surface area contributed by atoms with Crippen LogP contribution < -0.4 is 5.32 Å². The van der Waals surface area contributed by atoms with E-state index >= 15 is 0 Å². The molecule has 0 amide bonds. The van der Waals surface area contributed by atoms with E-state index in [4.69, 9.17) is 0 Å². The van der Waals surface area contributed by atoms with E-state index in [0.717, 1.165) is 11.0 Å². The summed E-state index contributed by atoms with van der Waals surface area (Å²) in [6.45, 7) is 6.83. The molecule has 0 fully saturated rings. The zero-order valence-corrected chi connectivity index (χ0v) is 9.59. The van der Waals surface area contributed by atoms with Crippen LogP contribution in [0.25, 0.3) is 0 Å². The number of hydrogen-bond donors (Lipinski definition) is 1. The molecule has 66 valence electrons. The Morgan fingerprint density at radius 1 is 1.73 bits per heavy atom. The zero-order valence-electron chi connectivity index (χ0n) is 7.19. The maximum Gasteiger partial charge on any atom is 0.0268 e. The number of thioether (sulfide) groups is 1. The molecular formula is C8H16BrNS. The summed E-state index contributed by atoms with van der Waals surface area (Å²) in [6, 6.07) is 0.594. The van der Waals surface area contributed by atoms with E-state index in [9.17, 15) is 0 Å². The van der Waals surface area contributed by atoms with E-state index in [1.807, 2.05) is 11.8 Å². The second-order valence-electron chi connectivity index (χ2n) is 2.58. The molecule has 1 atom stereocenters. The summed E-state index contributed by atoms with van der Waals surface area (Å²) in [5, 5.41) is 3.36. The minimum Gasteiger partial charge on any atom is -0.310 e. The van der Waals surface area contributed by atoms with Crippen molar-refractivity contribution in [2.45, 2.75) is 19.4 Å². The lowest BCUT2D eigenvalue weighted by molar-refractivity contribution is 0.570. The molecule has 0 radical (unpaired) electrons. The fourth-order valence-corrected chi connectivity index (χ4v) is 1.43. The van der Waals surface area contributed by atoms with Gasteiger partial charge in [0.25, 0.3) is 0 Å². The number of nitrogens with one attached hydrogen (secondary N) is 1. The Kier molecular flexibility index (Phi) is 7.54. The standard InChI is InChI=1S/C8H16BrNS/c1-7(9)6-10-8(2)4-5-11-3/h8,10H,1,4-6H2,2-3H3. The lowest BCUT2D eigenvalue weighted by atomic mass is 10.2. The van der Waals surface area contributed by atoms with Gasteiger partial charge in [-0.25, -0.2) is 0 Å². The van der Waals surface area contributed by atoms with Crippen LogP contribution in [-0.4, -0.2) is 24.6 Å². The van der Waals surface area contributed by atoms with Crippen molar-refractivity contribution >= 4 is 27.7 Å². The van der Waals surface area contributed by atoms with Crippen molar-refractivity contribution in [1.29, 1.82) is 0 Å². The molecule has 1 nitrogen and oxygen atoms in total. The first-order chi connectivity index (χ1) is 5.16. The first-order valence-corrected chi connectivity index (χ1v) is 5.91. The number of hydrogen-bond acceptors (Lipinski definition) is 2. The van der Waals surface area contributed by atoms with Crippen LogP contribution in [-0.2, 0) is 0 Å². The third kappa shape index (κ3) is 8.44.